The van der Waals surface area contributed by atoms with Gasteiger partial charge < -0.3 is 0 Å². The van der Waals surface area contributed by atoms with Crippen molar-refractivity contribution in [1.29, 1.82) is 5.26 Å². The van der Waals surface area contributed by atoms with Crippen molar-refractivity contribution in [2.75, 3.05) is 0 Å². The summed E-state index contributed by atoms with van der Waals surface area (Å²) in [5.74, 6) is 1.28. The molecule has 0 N–H and O–H groups in total. The number of rotatable bonds is 7. The normalized spacial score (nSPS) is 10.8. The number of benzene rings is 2. The van der Waals surface area contributed by atoms with Crippen LogP contribution in [0, 0.1) is 18.3 Å². The molecule has 3 aromatic heterocycles. The van der Waals surface area contributed by atoms with Gasteiger partial charge in [-0.3, -0.25) is 9.55 Å². The zero-order valence-corrected chi connectivity index (χ0v) is 19.4. The minimum Gasteiger partial charge on any atom is -0.297 e. The predicted octanol–water partition coefficient (Wildman–Crippen LogP) is 5.05. The second-order valence-electron chi connectivity index (χ2n) is 7.67. The van der Waals surface area contributed by atoms with Crippen molar-refractivity contribution in [2.24, 2.45) is 0 Å². The molecule has 0 spiro atoms. The first-order chi connectivity index (χ1) is 16.7. The standard InChI is InChI=1S/C26H21N7S/c1-19-23(15-27)24(33(31-19)22-12-6-3-7-13-22)18-34-26-30-29-25(21-11-8-14-28-16-21)32(26)17-20-9-4-2-5-10-20/h2-14,16H,17-18H2,1H3. The molecule has 0 radical (unpaired) electrons. The second kappa shape index (κ2) is 9.73. The highest BCUT2D eigenvalue weighted by Crippen LogP contribution is 2.29. The molecular weight excluding hydrogens is 442 g/mol. The lowest BCUT2D eigenvalue weighted by Gasteiger charge is -2.11. The fraction of sp³-hybridized carbons (Fsp3) is 0.115. The van der Waals surface area contributed by atoms with Crippen molar-refractivity contribution in [3.05, 3.63) is 108 Å². The Balaban J connectivity index is 1.51. The highest BCUT2D eigenvalue weighted by Gasteiger charge is 2.20. The van der Waals surface area contributed by atoms with Gasteiger partial charge in [0, 0.05) is 23.7 Å². The molecular formula is C26H21N7S. The number of thioether (sulfide) groups is 1. The Morgan fingerprint density at radius 2 is 1.71 bits per heavy atom. The maximum Gasteiger partial charge on any atom is 0.192 e. The zero-order valence-electron chi connectivity index (χ0n) is 18.5. The predicted molar refractivity (Wildman–Crippen MR) is 131 cm³/mol. The third-order valence-electron chi connectivity index (χ3n) is 5.43. The second-order valence-corrected chi connectivity index (χ2v) is 8.62. The summed E-state index contributed by atoms with van der Waals surface area (Å²) in [6, 6.07) is 26.3. The SMILES string of the molecule is Cc1nn(-c2ccccc2)c(CSc2nnc(-c3cccnc3)n2Cc2ccccc2)c1C#N. The molecule has 0 atom stereocenters. The van der Waals surface area contributed by atoms with E-state index in [2.05, 4.69) is 43.0 Å². The average Bonchev–Trinajstić information content (AvgIpc) is 3.44. The summed E-state index contributed by atoms with van der Waals surface area (Å²) in [6.45, 7) is 2.49. The smallest absolute Gasteiger partial charge is 0.192 e. The number of aromatic nitrogens is 6. The van der Waals surface area contributed by atoms with Crippen LogP contribution in [0.1, 0.15) is 22.5 Å². The molecule has 166 valence electrons. The minimum atomic E-state index is 0.526. The van der Waals surface area contributed by atoms with Crippen LogP contribution in [0.15, 0.2) is 90.3 Å². The van der Waals surface area contributed by atoms with Crippen LogP contribution in [-0.4, -0.2) is 29.5 Å². The van der Waals surface area contributed by atoms with Gasteiger partial charge in [-0.2, -0.15) is 10.4 Å². The van der Waals surface area contributed by atoms with Crippen LogP contribution in [0.2, 0.25) is 0 Å². The van der Waals surface area contributed by atoms with Crippen molar-refractivity contribution in [3.63, 3.8) is 0 Å². The van der Waals surface area contributed by atoms with Crippen molar-refractivity contribution in [1.82, 2.24) is 29.5 Å². The van der Waals surface area contributed by atoms with Gasteiger partial charge in [-0.15, -0.1) is 10.2 Å². The molecule has 0 bridgehead atoms. The van der Waals surface area contributed by atoms with E-state index in [0.29, 0.717) is 23.6 Å². The van der Waals surface area contributed by atoms with Gasteiger partial charge in [0.1, 0.15) is 6.07 Å². The van der Waals surface area contributed by atoms with Crippen LogP contribution in [0.5, 0.6) is 0 Å². The van der Waals surface area contributed by atoms with Gasteiger partial charge in [-0.25, -0.2) is 4.68 Å². The summed E-state index contributed by atoms with van der Waals surface area (Å²) in [5, 5.41) is 24.2. The summed E-state index contributed by atoms with van der Waals surface area (Å²) >= 11 is 1.54. The third kappa shape index (κ3) is 4.34. The maximum absolute atomic E-state index is 9.81. The van der Waals surface area contributed by atoms with Crippen LogP contribution >= 0.6 is 11.8 Å². The molecule has 0 aliphatic heterocycles. The van der Waals surface area contributed by atoms with Gasteiger partial charge in [0.25, 0.3) is 0 Å². The van der Waals surface area contributed by atoms with E-state index >= 15 is 0 Å². The average molecular weight is 464 g/mol. The van der Waals surface area contributed by atoms with E-state index in [1.165, 1.54) is 0 Å². The fourth-order valence-corrected chi connectivity index (χ4v) is 4.72. The highest BCUT2D eigenvalue weighted by atomic mass is 32.2. The number of pyridine rings is 1. The largest absolute Gasteiger partial charge is 0.297 e. The molecule has 0 aliphatic carbocycles. The molecule has 5 rings (SSSR count). The van der Waals surface area contributed by atoms with Gasteiger partial charge in [0.05, 0.1) is 29.2 Å². The quantitative estimate of drug-likeness (QED) is 0.314. The first kappa shape index (κ1) is 21.6. The molecule has 0 aliphatic rings. The van der Waals surface area contributed by atoms with Crippen molar-refractivity contribution in [2.45, 2.75) is 24.4 Å². The molecule has 8 heteroatoms. The molecule has 0 amide bonds. The van der Waals surface area contributed by atoms with E-state index in [-0.39, 0.29) is 0 Å². The summed E-state index contributed by atoms with van der Waals surface area (Å²) in [7, 11) is 0. The number of hydrogen-bond donors (Lipinski definition) is 0. The molecule has 3 heterocycles. The van der Waals surface area contributed by atoms with Crippen LogP contribution in [0.25, 0.3) is 17.1 Å². The Hall–Kier alpha value is -4.22. The van der Waals surface area contributed by atoms with E-state index in [9.17, 15) is 5.26 Å². The van der Waals surface area contributed by atoms with Crippen LogP contribution in [-0.2, 0) is 12.3 Å². The third-order valence-corrected chi connectivity index (χ3v) is 6.40. The van der Waals surface area contributed by atoms with E-state index < -0.39 is 0 Å². The first-order valence-electron chi connectivity index (χ1n) is 10.8. The Labute approximate surface area is 201 Å². The lowest BCUT2D eigenvalue weighted by Crippen LogP contribution is -2.06. The molecule has 0 fully saturated rings. The monoisotopic (exact) mass is 463 g/mol. The molecule has 34 heavy (non-hydrogen) atoms. The van der Waals surface area contributed by atoms with Crippen molar-refractivity contribution < 1.29 is 0 Å². The highest BCUT2D eigenvalue weighted by molar-refractivity contribution is 7.98. The lowest BCUT2D eigenvalue weighted by molar-refractivity contribution is 0.713. The van der Waals surface area contributed by atoms with Crippen molar-refractivity contribution in [3.8, 4) is 23.1 Å². The molecule has 0 saturated heterocycles. The lowest BCUT2D eigenvalue weighted by atomic mass is 10.2. The van der Waals surface area contributed by atoms with Gasteiger partial charge in [-0.05, 0) is 36.8 Å². The Morgan fingerprint density at radius 3 is 2.41 bits per heavy atom. The molecule has 0 saturated carbocycles. The van der Waals surface area contributed by atoms with E-state index in [0.717, 1.165) is 33.5 Å². The van der Waals surface area contributed by atoms with Gasteiger partial charge in [0.15, 0.2) is 11.0 Å². The molecule has 2 aromatic carbocycles. The summed E-state index contributed by atoms with van der Waals surface area (Å²) < 4.78 is 3.94. The van der Waals surface area contributed by atoms with Gasteiger partial charge in [0.2, 0.25) is 0 Å². The molecule has 7 nitrogen and oxygen atoms in total. The number of nitriles is 1. The topological polar surface area (TPSA) is 85.2 Å². The van der Waals surface area contributed by atoms with Crippen LogP contribution in [0.3, 0.4) is 0 Å². The fourth-order valence-electron chi connectivity index (χ4n) is 3.78. The van der Waals surface area contributed by atoms with E-state index in [4.69, 9.17) is 0 Å². The van der Waals surface area contributed by atoms with Crippen LogP contribution in [0.4, 0.5) is 0 Å². The Kier molecular flexibility index (Phi) is 6.19. The van der Waals surface area contributed by atoms with Crippen molar-refractivity contribution >= 4 is 11.8 Å². The maximum atomic E-state index is 9.81. The summed E-state index contributed by atoms with van der Waals surface area (Å²) in [6.07, 6.45) is 3.54. The first-order valence-corrected chi connectivity index (χ1v) is 11.8. The number of nitrogens with zero attached hydrogens (tertiary/aromatic N) is 7. The van der Waals surface area contributed by atoms with E-state index in [1.807, 2.05) is 72.3 Å². The van der Waals surface area contributed by atoms with Gasteiger partial charge in [-0.1, -0.05) is 60.3 Å². The molecule has 5 aromatic rings. The minimum absolute atomic E-state index is 0.526. The summed E-state index contributed by atoms with van der Waals surface area (Å²) in [5.41, 5.74) is 5.12. The number of para-hydroxylation sites is 1. The zero-order chi connectivity index (χ0) is 23.3. The van der Waals surface area contributed by atoms with Crippen LogP contribution < -0.4 is 0 Å². The van der Waals surface area contributed by atoms with Gasteiger partial charge >= 0.3 is 0 Å². The number of aryl methyl sites for hydroxylation is 1. The Morgan fingerprint density at radius 1 is 0.941 bits per heavy atom. The Bertz CT molecular complexity index is 1440. The van der Waals surface area contributed by atoms with E-state index in [1.54, 1.807) is 24.2 Å². The summed E-state index contributed by atoms with van der Waals surface area (Å²) in [4.78, 5) is 4.25. The number of hydrogen-bond acceptors (Lipinski definition) is 6. The molecule has 0 unspecified atom stereocenters.